The Labute approximate surface area is 107 Å². The van der Waals surface area contributed by atoms with Crippen LogP contribution in [0.4, 0.5) is 0 Å². The minimum atomic E-state index is -0.415. The first-order chi connectivity index (χ1) is 9.15. The Bertz CT molecular complexity index is 595. The number of aromatic hydroxyl groups is 2. The molecule has 0 bridgehead atoms. The predicted octanol–water partition coefficient (Wildman–Crippen LogP) is -0.765. The zero-order chi connectivity index (χ0) is 13.7. The number of tetrazole rings is 1. The van der Waals surface area contributed by atoms with Crippen LogP contribution in [0.1, 0.15) is 5.56 Å². The fourth-order valence-electron chi connectivity index (χ4n) is 1.25. The lowest BCUT2D eigenvalue weighted by atomic mass is 10.2. The van der Waals surface area contributed by atoms with E-state index in [9.17, 15) is 9.90 Å². The number of hydrogen-bond acceptors (Lipinski definition) is 7. The van der Waals surface area contributed by atoms with Crippen LogP contribution in [0.25, 0.3) is 0 Å². The van der Waals surface area contributed by atoms with Crippen LogP contribution in [0.2, 0.25) is 0 Å². The normalized spacial score (nSPS) is 10.7. The number of phenols is 2. The number of aromatic nitrogens is 4. The van der Waals surface area contributed by atoms with Crippen molar-refractivity contribution >= 4 is 12.1 Å². The second kappa shape index (κ2) is 5.58. The lowest BCUT2D eigenvalue weighted by molar-refractivity contribution is -0.121. The highest BCUT2D eigenvalue weighted by Gasteiger charge is 2.02. The summed E-state index contributed by atoms with van der Waals surface area (Å²) >= 11 is 0. The Hall–Kier alpha value is -2.97. The molecule has 0 saturated carbocycles. The fourth-order valence-corrected chi connectivity index (χ4v) is 1.25. The van der Waals surface area contributed by atoms with Gasteiger partial charge in [-0.25, -0.2) is 10.1 Å². The molecule has 1 heterocycles. The van der Waals surface area contributed by atoms with Crippen molar-refractivity contribution in [1.82, 2.24) is 25.6 Å². The number of carbonyl (C=O) groups is 1. The molecule has 0 atom stereocenters. The molecule has 2 aromatic rings. The molecule has 0 fully saturated rings. The number of phenolic OH excluding ortho intramolecular Hbond substituents is 2. The lowest BCUT2D eigenvalue weighted by Gasteiger charge is -2.00. The Morgan fingerprint density at radius 3 is 3.00 bits per heavy atom. The van der Waals surface area contributed by atoms with E-state index in [1.807, 2.05) is 0 Å². The van der Waals surface area contributed by atoms with E-state index >= 15 is 0 Å². The molecule has 0 spiro atoms. The van der Waals surface area contributed by atoms with Gasteiger partial charge in [-0.1, -0.05) is 0 Å². The average molecular weight is 262 g/mol. The first-order valence-corrected chi connectivity index (χ1v) is 5.20. The summed E-state index contributed by atoms with van der Waals surface area (Å²) in [5.74, 6) is -0.613. The molecule has 0 unspecified atom stereocenters. The Morgan fingerprint density at radius 2 is 2.32 bits per heavy atom. The number of hydrogen-bond donors (Lipinski definition) is 3. The second-order valence-corrected chi connectivity index (χ2v) is 3.54. The molecule has 1 amide bonds. The van der Waals surface area contributed by atoms with Gasteiger partial charge < -0.3 is 10.2 Å². The van der Waals surface area contributed by atoms with Gasteiger partial charge in [0.25, 0.3) is 5.91 Å². The predicted molar refractivity (Wildman–Crippen MR) is 63.3 cm³/mol. The molecule has 0 aliphatic heterocycles. The summed E-state index contributed by atoms with van der Waals surface area (Å²) in [5.41, 5.74) is 2.61. The second-order valence-electron chi connectivity index (χ2n) is 3.54. The van der Waals surface area contributed by atoms with E-state index in [0.29, 0.717) is 5.56 Å². The Kier molecular flexibility index (Phi) is 3.67. The molecule has 9 heteroatoms. The molecule has 98 valence electrons. The van der Waals surface area contributed by atoms with Gasteiger partial charge in [-0.05, 0) is 22.6 Å². The van der Waals surface area contributed by atoms with Crippen molar-refractivity contribution in [3.63, 3.8) is 0 Å². The molecule has 0 aliphatic rings. The summed E-state index contributed by atoms with van der Waals surface area (Å²) in [7, 11) is 0. The van der Waals surface area contributed by atoms with Crippen molar-refractivity contribution in [2.75, 3.05) is 0 Å². The number of hydrazone groups is 1. The molecule has 9 nitrogen and oxygen atoms in total. The minimum absolute atomic E-state index is 0.0580. The molecule has 0 radical (unpaired) electrons. The Balaban J connectivity index is 1.91. The average Bonchev–Trinajstić information content (AvgIpc) is 2.84. The van der Waals surface area contributed by atoms with Gasteiger partial charge in [-0.15, -0.1) is 5.10 Å². The molecule has 1 aromatic heterocycles. The number of nitrogens with one attached hydrogen (secondary N) is 1. The molecule has 2 rings (SSSR count). The number of carbonyl (C=O) groups excluding carboxylic acids is 1. The van der Waals surface area contributed by atoms with E-state index < -0.39 is 5.91 Å². The first kappa shape index (κ1) is 12.5. The summed E-state index contributed by atoms with van der Waals surface area (Å²) in [6.45, 7) is -0.0636. The van der Waals surface area contributed by atoms with Gasteiger partial charge in [-0.2, -0.15) is 5.10 Å². The van der Waals surface area contributed by atoms with Gasteiger partial charge in [-0.3, -0.25) is 4.79 Å². The molecule has 0 aliphatic carbocycles. The lowest BCUT2D eigenvalue weighted by Crippen LogP contribution is -2.23. The quantitative estimate of drug-likeness (QED) is 0.491. The van der Waals surface area contributed by atoms with Crippen molar-refractivity contribution in [2.24, 2.45) is 5.10 Å². The van der Waals surface area contributed by atoms with E-state index in [0.717, 1.165) is 0 Å². The van der Waals surface area contributed by atoms with Crippen LogP contribution >= 0.6 is 0 Å². The van der Waals surface area contributed by atoms with Crippen LogP contribution in [0.3, 0.4) is 0 Å². The van der Waals surface area contributed by atoms with Gasteiger partial charge in [0, 0.05) is 11.6 Å². The van der Waals surface area contributed by atoms with Crippen molar-refractivity contribution in [3.05, 3.63) is 30.1 Å². The molecular weight excluding hydrogens is 252 g/mol. The molecule has 3 N–H and O–H groups in total. The number of benzene rings is 1. The molecule has 1 aromatic carbocycles. The molecule has 0 saturated heterocycles. The molecule has 19 heavy (non-hydrogen) atoms. The topological polar surface area (TPSA) is 126 Å². The van der Waals surface area contributed by atoms with Crippen molar-refractivity contribution in [2.45, 2.75) is 6.54 Å². The summed E-state index contributed by atoms with van der Waals surface area (Å²) in [5, 5.41) is 32.5. The maximum Gasteiger partial charge on any atom is 0.261 e. The van der Waals surface area contributed by atoms with E-state index in [4.69, 9.17) is 5.11 Å². The number of rotatable bonds is 4. The van der Waals surface area contributed by atoms with Gasteiger partial charge in [0.1, 0.15) is 24.4 Å². The van der Waals surface area contributed by atoms with Crippen LogP contribution in [0, 0.1) is 0 Å². The third-order valence-corrected chi connectivity index (χ3v) is 2.10. The highest BCUT2D eigenvalue weighted by atomic mass is 16.3. The van der Waals surface area contributed by atoms with Gasteiger partial charge in [0.05, 0.1) is 6.21 Å². The minimum Gasteiger partial charge on any atom is -0.508 e. The van der Waals surface area contributed by atoms with Gasteiger partial charge >= 0.3 is 0 Å². The van der Waals surface area contributed by atoms with Crippen molar-refractivity contribution in [3.8, 4) is 11.5 Å². The highest BCUT2D eigenvalue weighted by molar-refractivity contribution is 5.85. The summed E-state index contributed by atoms with van der Waals surface area (Å²) in [6.07, 6.45) is 2.56. The van der Waals surface area contributed by atoms with Crippen molar-refractivity contribution < 1.29 is 15.0 Å². The third kappa shape index (κ3) is 3.49. The third-order valence-electron chi connectivity index (χ3n) is 2.10. The zero-order valence-corrected chi connectivity index (χ0v) is 9.63. The van der Waals surface area contributed by atoms with Gasteiger partial charge in [0.2, 0.25) is 0 Å². The number of nitrogens with zero attached hydrogens (tertiary/aromatic N) is 5. The van der Waals surface area contributed by atoms with E-state index in [1.54, 1.807) is 0 Å². The SMILES string of the molecule is O=C(Cn1cnnn1)NN=Cc1ccc(O)cc1O. The van der Waals surface area contributed by atoms with E-state index in [2.05, 4.69) is 26.1 Å². The maximum atomic E-state index is 11.4. The standard InChI is InChI=1S/C10H10N6O3/c17-8-2-1-7(9(18)3-8)4-11-13-10(19)5-16-6-12-14-15-16/h1-4,6,17-18H,5H2,(H,13,19). The Morgan fingerprint density at radius 1 is 1.47 bits per heavy atom. The van der Waals surface area contributed by atoms with E-state index in [-0.39, 0.29) is 18.0 Å². The molecular formula is C10H10N6O3. The summed E-state index contributed by atoms with van der Waals surface area (Å²) in [6, 6.07) is 4.02. The fraction of sp³-hybridized carbons (Fsp3) is 0.100. The smallest absolute Gasteiger partial charge is 0.261 e. The summed E-state index contributed by atoms with van der Waals surface area (Å²) < 4.78 is 1.24. The maximum absolute atomic E-state index is 11.4. The largest absolute Gasteiger partial charge is 0.508 e. The summed E-state index contributed by atoms with van der Waals surface area (Å²) in [4.78, 5) is 11.4. The van der Waals surface area contributed by atoms with Crippen LogP contribution in [0.15, 0.2) is 29.6 Å². The monoisotopic (exact) mass is 262 g/mol. The number of amides is 1. The van der Waals surface area contributed by atoms with Gasteiger partial charge in [0.15, 0.2) is 0 Å². The zero-order valence-electron chi connectivity index (χ0n) is 9.63. The first-order valence-electron chi connectivity index (χ1n) is 5.20. The van der Waals surface area contributed by atoms with Crippen LogP contribution in [0.5, 0.6) is 11.5 Å². The van der Waals surface area contributed by atoms with Crippen LogP contribution in [-0.4, -0.2) is 42.5 Å². The van der Waals surface area contributed by atoms with Crippen LogP contribution in [-0.2, 0) is 11.3 Å². The van der Waals surface area contributed by atoms with Crippen LogP contribution < -0.4 is 5.43 Å². The van der Waals surface area contributed by atoms with E-state index in [1.165, 1.54) is 35.4 Å². The highest BCUT2D eigenvalue weighted by Crippen LogP contribution is 2.20. The van der Waals surface area contributed by atoms with Crippen molar-refractivity contribution in [1.29, 1.82) is 0 Å².